The molecule has 124 valence electrons. The minimum atomic E-state index is -4.07. The van der Waals surface area contributed by atoms with Crippen molar-refractivity contribution < 1.29 is 13.2 Å². The van der Waals surface area contributed by atoms with E-state index in [9.17, 15) is 13.2 Å². The quantitative estimate of drug-likeness (QED) is 0.842. The molecule has 2 saturated heterocycles. The lowest BCUT2D eigenvalue weighted by Crippen LogP contribution is -2.50. The van der Waals surface area contributed by atoms with E-state index in [2.05, 4.69) is 17.1 Å². The van der Waals surface area contributed by atoms with Crippen molar-refractivity contribution in [2.45, 2.75) is 57.3 Å². The van der Waals surface area contributed by atoms with Crippen molar-refractivity contribution in [3.05, 3.63) is 0 Å². The van der Waals surface area contributed by atoms with Crippen LogP contribution in [0.25, 0.3) is 0 Å². The van der Waals surface area contributed by atoms with E-state index in [0.717, 1.165) is 19.4 Å². The van der Waals surface area contributed by atoms with Crippen LogP contribution >= 0.6 is 0 Å². The highest BCUT2D eigenvalue weighted by molar-refractivity contribution is 4.81. The van der Waals surface area contributed by atoms with Crippen LogP contribution in [-0.4, -0.2) is 67.3 Å². The van der Waals surface area contributed by atoms with Gasteiger partial charge < -0.3 is 10.2 Å². The van der Waals surface area contributed by atoms with E-state index >= 15 is 0 Å². The van der Waals surface area contributed by atoms with Crippen LogP contribution in [0, 0.1) is 0 Å². The molecule has 0 amide bonds. The summed E-state index contributed by atoms with van der Waals surface area (Å²) < 4.78 is 37.0. The van der Waals surface area contributed by atoms with Crippen molar-refractivity contribution in [2.75, 3.05) is 39.3 Å². The fourth-order valence-electron chi connectivity index (χ4n) is 3.50. The van der Waals surface area contributed by atoms with Crippen molar-refractivity contribution in [1.82, 2.24) is 15.1 Å². The first-order chi connectivity index (χ1) is 9.92. The molecular weight excluding hydrogens is 279 g/mol. The molecule has 3 nitrogen and oxygen atoms in total. The average molecular weight is 307 g/mol. The Kier molecular flexibility index (Phi) is 6.32. The molecule has 0 aromatic carbocycles. The summed E-state index contributed by atoms with van der Waals surface area (Å²) in [4.78, 5) is 4.02. The number of nitrogens with one attached hydrogen (secondary N) is 1. The van der Waals surface area contributed by atoms with Gasteiger partial charge in [0.05, 0.1) is 6.54 Å². The highest BCUT2D eigenvalue weighted by Crippen LogP contribution is 2.20. The first-order valence-electron chi connectivity index (χ1n) is 8.20. The van der Waals surface area contributed by atoms with Crippen molar-refractivity contribution in [3.8, 4) is 0 Å². The number of piperidine rings is 2. The normalized spacial score (nSPS) is 25.1. The summed E-state index contributed by atoms with van der Waals surface area (Å²) in [6, 6.07) is 0.788. The van der Waals surface area contributed by atoms with Crippen LogP contribution in [0.15, 0.2) is 0 Å². The molecule has 0 bridgehead atoms. The number of nitrogens with zero attached hydrogens (tertiary/aromatic N) is 2. The largest absolute Gasteiger partial charge is 0.401 e. The van der Waals surface area contributed by atoms with Crippen LogP contribution < -0.4 is 5.32 Å². The summed E-state index contributed by atoms with van der Waals surface area (Å²) in [5.74, 6) is 0. The van der Waals surface area contributed by atoms with E-state index in [4.69, 9.17) is 0 Å². The van der Waals surface area contributed by atoms with Gasteiger partial charge in [-0.3, -0.25) is 4.90 Å². The number of hydrogen-bond acceptors (Lipinski definition) is 3. The van der Waals surface area contributed by atoms with Crippen LogP contribution in [0.5, 0.6) is 0 Å². The maximum atomic E-state index is 12.3. The van der Waals surface area contributed by atoms with Gasteiger partial charge in [0.2, 0.25) is 0 Å². The molecule has 2 fully saturated rings. The summed E-state index contributed by atoms with van der Waals surface area (Å²) in [5, 5.41) is 3.60. The number of rotatable bonds is 5. The number of likely N-dealkylation sites (tertiary alicyclic amines) is 2. The van der Waals surface area contributed by atoms with Crippen molar-refractivity contribution >= 4 is 0 Å². The lowest BCUT2D eigenvalue weighted by molar-refractivity contribution is -0.148. The highest BCUT2D eigenvalue weighted by atomic mass is 19.4. The molecule has 0 aliphatic carbocycles. The van der Waals surface area contributed by atoms with E-state index < -0.39 is 12.7 Å². The van der Waals surface area contributed by atoms with E-state index in [-0.39, 0.29) is 0 Å². The number of alkyl halides is 3. The Morgan fingerprint density at radius 2 is 1.62 bits per heavy atom. The van der Waals surface area contributed by atoms with Gasteiger partial charge >= 0.3 is 6.18 Å². The molecule has 0 saturated carbocycles. The summed E-state index contributed by atoms with van der Waals surface area (Å²) in [6.07, 6.45) is 1.50. The molecule has 2 heterocycles. The molecule has 6 heteroatoms. The van der Waals surface area contributed by atoms with Crippen LogP contribution in [0.3, 0.4) is 0 Å². The van der Waals surface area contributed by atoms with Gasteiger partial charge in [-0.05, 0) is 58.8 Å². The Morgan fingerprint density at radius 3 is 2.19 bits per heavy atom. The zero-order valence-corrected chi connectivity index (χ0v) is 13.0. The van der Waals surface area contributed by atoms with Crippen LogP contribution in [0.2, 0.25) is 0 Å². The van der Waals surface area contributed by atoms with Crippen molar-refractivity contribution in [1.29, 1.82) is 0 Å². The predicted molar refractivity (Wildman–Crippen MR) is 78.4 cm³/mol. The van der Waals surface area contributed by atoms with Gasteiger partial charge in [-0.25, -0.2) is 0 Å². The Morgan fingerprint density at radius 1 is 1.00 bits per heavy atom. The monoisotopic (exact) mass is 307 g/mol. The fraction of sp³-hybridized carbons (Fsp3) is 1.00. The Hall–Kier alpha value is -0.330. The second-order valence-corrected chi connectivity index (χ2v) is 6.59. The minimum Gasteiger partial charge on any atom is -0.310 e. The molecular formula is C15H28F3N3. The molecule has 0 aromatic rings. The second-order valence-electron chi connectivity index (χ2n) is 6.59. The third kappa shape index (κ3) is 6.53. The van der Waals surface area contributed by atoms with Gasteiger partial charge in [0.15, 0.2) is 0 Å². The number of hydrogen-bond donors (Lipinski definition) is 1. The zero-order valence-electron chi connectivity index (χ0n) is 13.0. The van der Waals surface area contributed by atoms with Crippen molar-refractivity contribution in [2.24, 2.45) is 0 Å². The lowest BCUT2D eigenvalue weighted by atomic mass is 10.0. The standard InChI is InChI=1S/C15H28F3N3/c1-13(11-20-7-3-2-4-8-20)19-14-5-9-21(10-6-14)12-15(16,17)18/h13-14,19H,2-12H2,1H3. The first-order valence-corrected chi connectivity index (χ1v) is 8.20. The van der Waals surface area contributed by atoms with Gasteiger partial charge in [0.25, 0.3) is 0 Å². The first kappa shape index (κ1) is 17.0. The lowest BCUT2D eigenvalue weighted by Gasteiger charge is -2.36. The van der Waals surface area contributed by atoms with Crippen LogP contribution in [-0.2, 0) is 0 Å². The third-order valence-corrected chi connectivity index (χ3v) is 4.49. The predicted octanol–water partition coefficient (Wildman–Crippen LogP) is 2.48. The van der Waals surface area contributed by atoms with Gasteiger partial charge in [-0.1, -0.05) is 6.42 Å². The molecule has 2 aliphatic rings. The van der Waals surface area contributed by atoms with E-state index in [1.807, 2.05) is 0 Å². The highest BCUT2D eigenvalue weighted by Gasteiger charge is 2.32. The molecule has 1 N–H and O–H groups in total. The summed E-state index contributed by atoms with van der Waals surface area (Å²) in [5.41, 5.74) is 0. The molecule has 1 atom stereocenters. The van der Waals surface area contributed by atoms with E-state index in [0.29, 0.717) is 25.2 Å². The van der Waals surface area contributed by atoms with E-state index in [1.165, 1.54) is 37.3 Å². The number of halogens is 3. The second kappa shape index (κ2) is 7.79. The zero-order chi connectivity index (χ0) is 15.3. The van der Waals surface area contributed by atoms with Gasteiger partial charge in [0.1, 0.15) is 0 Å². The summed E-state index contributed by atoms with van der Waals surface area (Å²) in [6.45, 7) is 5.97. The van der Waals surface area contributed by atoms with Crippen LogP contribution in [0.1, 0.15) is 39.0 Å². The Balaban J connectivity index is 1.63. The Bertz CT molecular complexity index is 295. The molecule has 0 spiro atoms. The average Bonchev–Trinajstić information content (AvgIpc) is 2.40. The van der Waals surface area contributed by atoms with Crippen LogP contribution in [0.4, 0.5) is 13.2 Å². The fourth-order valence-corrected chi connectivity index (χ4v) is 3.50. The van der Waals surface area contributed by atoms with Gasteiger partial charge in [0, 0.05) is 18.6 Å². The van der Waals surface area contributed by atoms with Crippen molar-refractivity contribution in [3.63, 3.8) is 0 Å². The van der Waals surface area contributed by atoms with Gasteiger partial charge in [-0.15, -0.1) is 0 Å². The van der Waals surface area contributed by atoms with E-state index in [1.54, 1.807) is 0 Å². The third-order valence-electron chi connectivity index (χ3n) is 4.49. The minimum absolute atomic E-state index is 0.370. The molecule has 1 unspecified atom stereocenters. The molecule has 0 aromatic heterocycles. The molecule has 2 rings (SSSR count). The SMILES string of the molecule is CC(CN1CCCCC1)NC1CCN(CC(F)(F)F)CC1. The maximum Gasteiger partial charge on any atom is 0.401 e. The summed E-state index contributed by atoms with van der Waals surface area (Å²) in [7, 11) is 0. The smallest absolute Gasteiger partial charge is 0.310 e. The summed E-state index contributed by atoms with van der Waals surface area (Å²) >= 11 is 0. The molecule has 2 aliphatic heterocycles. The molecule has 21 heavy (non-hydrogen) atoms. The Labute approximate surface area is 125 Å². The molecule has 0 radical (unpaired) electrons. The van der Waals surface area contributed by atoms with Gasteiger partial charge in [-0.2, -0.15) is 13.2 Å². The maximum absolute atomic E-state index is 12.3. The topological polar surface area (TPSA) is 18.5 Å².